The lowest BCUT2D eigenvalue weighted by Crippen LogP contribution is -1.87. The highest BCUT2D eigenvalue weighted by Gasteiger charge is 2.06. The number of aromatic nitrogens is 2. The summed E-state index contributed by atoms with van der Waals surface area (Å²) in [4.78, 5) is 18.3. The average molecular weight is 206 g/mol. The maximum atomic E-state index is 10.3. The third-order valence-corrected chi connectivity index (χ3v) is 1.37. The van der Waals surface area contributed by atoms with Gasteiger partial charge in [-0.1, -0.05) is 11.0 Å². The van der Waals surface area contributed by atoms with Crippen LogP contribution in [0.15, 0.2) is 11.3 Å². The summed E-state index contributed by atoms with van der Waals surface area (Å²) in [6.07, 6.45) is 1.48. The van der Waals surface area contributed by atoms with Crippen LogP contribution in [-0.2, 0) is 0 Å². The Labute approximate surface area is 84.1 Å². The first-order chi connectivity index (χ1) is 7.24. The fraction of sp³-hybridized carbons (Fsp3) is 0.286. The van der Waals surface area contributed by atoms with Crippen LogP contribution in [0.25, 0.3) is 10.4 Å². The zero-order chi connectivity index (χ0) is 11.1. The van der Waals surface area contributed by atoms with Crippen LogP contribution >= 0.6 is 0 Å². The summed E-state index contributed by atoms with van der Waals surface area (Å²) >= 11 is 0. The Morgan fingerprint density at radius 1 is 1.80 bits per heavy atom. The normalized spacial score (nSPS) is 8.53. The minimum absolute atomic E-state index is 0.200. The van der Waals surface area contributed by atoms with E-state index in [0.717, 1.165) is 6.20 Å². The third kappa shape index (κ3) is 3.38. The second kappa shape index (κ2) is 5.26. The van der Waals surface area contributed by atoms with Crippen LogP contribution in [-0.4, -0.2) is 21.4 Å². The van der Waals surface area contributed by atoms with Crippen molar-refractivity contribution in [1.29, 1.82) is 0 Å². The van der Waals surface area contributed by atoms with Crippen LogP contribution in [0.3, 0.4) is 0 Å². The number of hydrogen-bond acceptors (Lipinski definition) is 4. The lowest BCUT2D eigenvalue weighted by atomic mass is 10.4. The molecule has 0 radical (unpaired) electrons. The van der Waals surface area contributed by atoms with Crippen LogP contribution in [0.2, 0.25) is 0 Å². The molecule has 0 fully saturated rings. The summed E-state index contributed by atoms with van der Waals surface area (Å²) < 4.78 is 0. The number of rotatable bonds is 3. The van der Waals surface area contributed by atoms with Gasteiger partial charge in [0, 0.05) is 17.9 Å². The van der Waals surface area contributed by atoms with E-state index in [0.29, 0.717) is 6.42 Å². The topological polar surface area (TPSA) is 121 Å². The minimum Gasteiger partial charge on any atom is -0.358 e. The van der Waals surface area contributed by atoms with Crippen molar-refractivity contribution >= 4 is 5.82 Å². The highest BCUT2D eigenvalue weighted by atomic mass is 16.6. The summed E-state index contributed by atoms with van der Waals surface area (Å²) in [5.74, 6) is 5.26. The highest BCUT2D eigenvalue weighted by Crippen LogP contribution is 2.04. The molecular weight excluding hydrogens is 200 g/mol. The molecule has 0 aliphatic carbocycles. The maximum absolute atomic E-state index is 10.3. The van der Waals surface area contributed by atoms with Crippen molar-refractivity contribution in [3.05, 3.63) is 32.6 Å². The molecular formula is C7H6N6O2. The van der Waals surface area contributed by atoms with E-state index >= 15 is 0 Å². The molecule has 0 aliphatic heterocycles. The summed E-state index contributed by atoms with van der Waals surface area (Å²) in [6.45, 7) is 0.270. The molecule has 0 spiro atoms. The second-order valence-corrected chi connectivity index (χ2v) is 2.38. The molecule has 8 heteroatoms. The van der Waals surface area contributed by atoms with Gasteiger partial charge < -0.3 is 10.1 Å². The van der Waals surface area contributed by atoms with Crippen LogP contribution in [0, 0.1) is 22.0 Å². The molecule has 0 atom stereocenters. The van der Waals surface area contributed by atoms with Gasteiger partial charge in [-0.2, -0.15) is 0 Å². The lowest BCUT2D eigenvalue weighted by molar-refractivity contribution is -0.389. The lowest BCUT2D eigenvalue weighted by Gasteiger charge is -1.84. The number of aromatic amines is 1. The molecule has 0 unspecified atom stereocenters. The molecule has 1 heterocycles. The van der Waals surface area contributed by atoms with Crippen LogP contribution in [0.5, 0.6) is 0 Å². The molecule has 15 heavy (non-hydrogen) atoms. The molecule has 1 aromatic rings. The smallest absolute Gasteiger partial charge is 0.341 e. The monoisotopic (exact) mass is 206 g/mol. The van der Waals surface area contributed by atoms with Gasteiger partial charge in [0.2, 0.25) is 0 Å². The summed E-state index contributed by atoms with van der Waals surface area (Å²) in [5, 5.41) is 13.5. The van der Waals surface area contributed by atoms with Gasteiger partial charge in [0.05, 0.1) is 0 Å². The van der Waals surface area contributed by atoms with Gasteiger partial charge in [0.1, 0.15) is 6.20 Å². The quantitative estimate of drug-likeness (QED) is 0.153. The molecule has 0 bridgehead atoms. The molecule has 0 saturated carbocycles. The van der Waals surface area contributed by atoms with E-state index in [1.807, 2.05) is 0 Å². The van der Waals surface area contributed by atoms with Gasteiger partial charge >= 0.3 is 5.82 Å². The second-order valence-electron chi connectivity index (χ2n) is 2.38. The fourth-order valence-corrected chi connectivity index (χ4v) is 0.765. The molecule has 0 amide bonds. The number of nitro groups is 1. The van der Waals surface area contributed by atoms with Gasteiger partial charge in [0.25, 0.3) is 5.82 Å². The Bertz CT molecular complexity index is 461. The van der Waals surface area contributed by atoms with Crippen molar-refractivity contribution in [3.63, 3.8) is 0 Å². The third-order valence-electron chi connectivity index (χ3n) is 1.37. The Morgan fingerprint density at radius 2 is 2.60 bits per heavy atom. The number of nitrogens with one attached hydrogen (secondary N) is 1. The number of nitrogens with zero attached hydrogens (tertiary/aromatic N) is 5. The molecule has 0 aromatic carbocycles. The largest absolute Gasteiger partial charge is 0.358 e. The van der Waals surface area contributed by atoms with Crippen molar-refractivity contribution in [1.82, 2.24) is 9.97 Å². The van der Waals surface area contributed by atoms with E-state index in [1.165, 1.54) is 0 Å². The van der Waals surface area contributed by atoms with Crippen molar-refractivity contribution in [2.45, 2.75) is 6.42 Å². The van der Waals surface area contributed by atoms with E-state index in [4.69, 9.17) is 5.53 Å². The first-order valence-electron chi connectivity index (χ1n) is 3.93. The predicted molar refractivity (Wildman–Crippen MR) is 50.8 cm³/mol. The van der Waals surface area contributed by atoms with Crippen molar-refractivity contribution in [3.8, 4) is 11.8 Å². The zero-order valence-electron chi connectivity index (χ0n) is 7.54. The Hall–Kier alpha value is -2.52. The Kier molecular flexibility index (Phi) is 3.70. The van der Waals surface area contributed by atoms with E-state index < -0.39 is 4.92 Å². The maximum Gasteiger partial charge on any atom is 0.341 e. The standard InChI is InChI=1S/C7H6N6O2/c8-12-10-4-2-1-3-6-9-5-7(11-6)13(14)15/h5H,2,4H2,(H,9,11). The van der Waals surface area contributed by atoms with Gasteiger partial charge in [0.15, 0.2) is 0 Å². The van der Waals surface area contributed by atoms with E-state index in [1.54, 1.807) is 0 Å². The number of azide groups is 1. The zero-order valence-corrected chi connectivity index (χ0v) is 7.54. The molecule has 1 N–H and O–H groups in total. The Morgan fingerprint density at radius 3 is 3.20 bits per heavy atom. The molecule has 76 valence electrons. The van der Waals surface area contributed by atoms with E-state index in [9.17, 15) is 10.1 Å². The van der Waals surface area contributed by atoms with Crippen LogP contribution < -0.4 is 0 Å². The van der Waals surface area contributed by atoms with Gasteiger partial charge in [-0.25, -0.2) is 9.97 Å². The first kappa shape index (κ1) is 10.6. The fourth-order valence-electron chi connectivity index (χ4n) is 0.765. The minimum atomic E-state index is -0.585. The van der Waals surface area contributed by atoms with Crippen LogP contribution in [0.4, 0.5) is 5.82 Å². The summed E-state index contributed by atoms with van der Waals surface area (Å²) in [5.41, 5.74) is 7.96. The predicted octanol–water partition coefficient (Wildman–Crippen LogP) is 1.37. The van der Waals surface area contributed by atoms with Crippen molar-refractivity contribution < 1.29 is 4.92 Å². The van der Waals surface area contributed by atoms with Gasteiger partial charge in [-0.3, -0.25) is 0 Å². The SMILES string of the molecule is [N-]=[N+]=NCCC#Cc1ncc([N+](=O)[O-])[nH]1. The Balaban J connectivity index is 2.56. The van der Waals surface area contributed by atoms with Gasteiger partial charge in [-0.05, 0) is 16.4 Å². The summed E-state index contributed by atoms with van der Waals surface area (Å²) in [7, 11) is 0. The highest BCUT2D eigenvalue weighted by molar-refractivity contribution is 5.27. The molecule has 8 nitrogen and oxygen atoms in total. The molecule has 1 rings (SSSR count). The van der Waals surface area contributed by atoms with E-state index in [-0.39, 0.29) is 18.2 Å². The molecule has 1 aromatic heterocycles. The average Bonchev–Trinajstić information content (AvgIpc) is 2.66. The molecule has 0 saturated heterocycles. The number of hydrogen-bond donors (Lipinski definition) is 1. The van der Waals surface area contributed by atoms with Crippen LogP contribution in [0.1, 0.15) is 12.2 Å². The number of imidazole rings is 1. The van der Waals surface area contributed by atoms with E-state index in [2.05, 4.69) is 31.8 Å². The molecule has 0 aliphatic rings. The summed E-state index contributed by atoms with van der Waals surface area (Å²) in [6, 6.07) is 0. The first-order valence-corrected chi connectivity index (χ1v) is 3.93. The van der Waals surface area contributed by atoms with Crippen molar-refractivity contribution in [2.24, 2.45) is 5.11 Å². The van der Waals surface area contributed by atoms with Gasteiger partial charge in [-0.15, -0.1) is 0 Å². The number of H-pyrrole nitrogens is 1. The van der Waals surface area contributed by atoms with Crippen molar-refractivity contribution in [2.75, 3.05) is 6.54 Å².